The van der Waals surface area contributed by atoms with Gasteiger partial charge in [-0.25, -0.2) is 4.79 Å². The first-order chi connectivity index (χ1) is 16.8. The third-order valence-electron chi connectivity index (χ3n) is 6.23. The molecule has 9 nitrogen and oxygen atoms in total. The molecule has 3 aromatic carbocycles. The number of benzene rings is 3. The number of carbonyl (C=O) groups excluding carboxylic acids is 2. The van der Waals surface area contributed by atoms with E-state index in [0.717, 1.165) is 16.3 Å². The highest BCUT2D eigenvalue weighted by Crippen LogP contribution is 2.39. The predicted octanol–water partition coefficient (Wildman–Crippen LogP) is 3.64. The van der Waals surface area contributed by atoms with Crippen LogP contribution in [-0.4, -0.2) is 42.2 Å². The third kappa shape index (κ3) is 4.22. The number of nitrogens with one attached hydrogen (secondary N) is 1. The Bertz CT molecular complexity index is 1380. The molecule has 1 heterocycles. The Morgan fingerprint density at radius 3 is 2.54 bits per heavy atom. The molecule has 0 aromatic heterocycles. The predicted molar refractivity (Wildman–Crippen MR) is 130 cm³/mol. The maximum Gasteiger partial charge on any atom is 0.405 e. The smallest absolute Gasteiger partial charge is 0.405 e. The van der Waals surface area contributed by atoms with Gasteiger partial charge in [0.05, 0.1) is 42.7 Å². The zero-order chi connectivity index (χ0) is 25.3. The maximum absolute atomic E-state index is 13.9. The van der Waals surface area contributed by atoms with E-state index >= 15 is 0 Å². The van der Waals surface area contributed by atoms with E-state index in [0.29, 0.717) is 22.7 Å². The van der Waals surface area contributed by atoms with Crippen molar-refractivity contribution in [3.63, 3.8) is 0 Å². The average Bonchev–Trinajstić information content (AvgIpc) is 2.92. The first-order valence-corrected chi connectivity index (χ1v) is 11.0. The standard InChI is InChI=1S/C26H24N4O5/c1-15-24(28-26(33)34)25(32)29(21-10-8-17(13-27)12-22(21)30(15)16(2)31)14-20-19-7-5-4-6-18(19)9-11-23(20)35-3/h4-12,15,24,28H,14H2,1-3H3,(H,33,34)/t15-,24-/m0/s1. The first kappa shape index (κ1) is 23.6. The summed E-state index contributed by atoms with van der Waals surface area (Å²) in [5.74, 6) is -0.344. The number of anilines is 2. The summed E-state index contributed by atoms with van der Waals surface area (Å²) in [4.78, 5) is 41.0. The van der Waals surface area contributed by atoms with Crippen LogP contribution in [0.4, 0.5) is 16.2 Å². The lowest BCUT2D eigenvalue weighted by Gasteiger charge is -2.30. The summed E-state index contributed by atoms with van der Waals surface area (Å²) in [6.45, 7) is 2.99. The van der Waals surface area contributed by atoms with Crippen molar-refractivity contribution in [2.75, 3.05) is 16.9 Å². The van der Waals surface area contributed by atoms with E-state index in [1.807, 2.05) is 36.4 Å². The Kier molecular flexibility index (Phi) is 6.30. The highest BCUT2D eigenvalue weighted by atomic mass is 16.5. The van der Waals surface area contributed by atoms with Crippen LogP contribution >= 0.6 is 0 Å². The zero-order valence-corrected chi connectivity index (χ0v) is 19.5. The summed E-state index contributed by atoms with van der Waals surface area (Å²) in [5, 5.41) is 23.0. The van der Waals surface area contributed by atoms with Gasteiger partial charge in [-0.05, 0) is 42.0 Å². The number of carboxylic acid groups (broad SMARTS) is 1. The van der Waals surface area contributed by atoms with Gasteiger partial charge in [0.1, 0.15) is 11.8 Å². The Balaban J connectivity index is 1.96. The van der Waals surface area contributed by atoms with Gasteiger partial charge in [0, 0.05) is 12.5 Å². The van der Waals surface area contributed by atoms with Gasteiger partial charge in [-0.15, -0.1) is 0 Å². The van der Waals surface area contributed by atoms with Crippen molar-refractivity contribution in [2.45, 2.75) is 32.5 Å². The van der Waals surface area contributed by atoms with Crippen molar-refractivity contribution in [3.05, 3.63) is 65.7 Å². The molecule has 0 unspecified atom stereocenters. The van der Waals surface area contributed by atoms with Crippen molar-refractivity contribution in [2.24, 2.45) is 0 Å². The van der Waals surface area contributed by atoms with Crippen molar-refractivity contribution in [1.29, 1.82) is 5.26 Å². The molecular formula is C26H24N4O5. The van der Waals surface area contributed by atoms with Gasteiger partial charge in [0.25, 0.3) is 5.91 Å². The molecule has 178 valence electrons. The number of hydrogen-bond acceptors (Lipinski definition) is 5. The van der Waals surface area contributed by atoms with Gasteiger partial charge >= 0.3 is 6.09 Å². The molecule has 1 aliphatic rings. The minimum absolute atomic E-state index is 0.0541. The van der Waals surface area contributed by atoms with E-state index in [-0.39, 0.29) is 12.5 Å². The Hall–Kier alpha value is -4.58. The maximum atomic E-state index is 13.9. The fourth-order valence-electron chi connectivity index (χ4n) is 4.64. The number of hydrogen-bond donors (Lipinski definition) is 2. The van der Waals surface area contributed by atoms with Gasteiger partial charge in [0.2, 0.25) is 5.91 Å². The molecule has 0 radical (unpaired) electrons. The van der Waals surface area contributed by atoms with E-state index in [1.165, 1.54) is 22.8 Å². The largest absolute Gasteiger partial charge is 0.496 e. The number of nitrogens with zero attached hydrogens (tertiary/aromatic N) is 3. The minimum Gasteiger partial charge on any atom is -0.496 e. The minimum atomic E-state index is -1.38. The molecule has 9 heteroatoms. The van der Waals surface area contributed by atoms with Crippen LogP contribution in [0.15, 0.2) is 54.6 Å². The van der Waals surface area contributed by atoms with Crippen LogP contribution in [-0.2, 0) is 16.1 Å². The molecule has 1 aliphatic heterocycles. The number of amides is 3. The summed E-state index contributed by atoms with van der Waals surface area (Å²) in [7, 11) is 1.54. The Labute approximate surface area is 202 Å². The Morgan fingerprint density at radius 2 is 1.89 bits per heavy atom. The van der Waals surface area contributed by atoms with Crippen LogP contribution in [0.3, 0.4) is 0 Å². The molecule has 0 aliphatic carbocycles. The molecule has 0 bridgehead atoms. The van der Waals surface area contributed by atoms with Gasteiger partial charge in [-0.3, -0.25) is 9.59 Å². The molecule has 3 aromatic rings. The molecule has 0 fully saturated rings. The lowest BCUT2D eigenvalue weighted by molar-refractivity contribution is -0.121. The van der Waals surface area contributed by atoms with Crippen LogP contribution in [0.25, 0.3) is 10.8 Å². The summed E-state index contributed by atoms with van der Waals surface area (Å²) < 4.78 is 5.60. The number of fused-ring (bicyclic) bond motifs is 2. The Morgan fingerprint density at radius 1 is 1.14 bits per heavy atom. The SMILES string of the molecule is COc1ccc2ccccc2c1CN1C(=O)[C@@H](NC(=O)O)[C@H](C)N(C(C)=O)c2cc(C#N)ccc21. The van der Waals surface area contributed by atoms with Crippen LogP contribution in [0.2, 0.25) is 0 Å². The van der Waals surface area contributed by atoms with Gasteiger partial charge < -0.3 is 25.0 Å². The topological polar surface area (TPSA) is 123 Å². The number of carbonyl (C=O) groups is 3. The van der Waals surface area contributed by atoms with E-state index in [4.69, 9.17) is 4.74 Å². The first-order valence-electron chi connectivity index (χ1n) is 11.0. The molecule has 0 saturated heterocycles. The number of rotatable bonds is 4. The number of ether oxygens (including phenoxy) is 1. The third-order valence-corrected chi connectivity index (χ3v) is 6.23. The van der Waals surface area contributed by atoms with Crippen molar-refractivity contribution in [3.8, 4) is 11.8 Å². The number of methoxy groups -OCH3 is 1. The quantitative estimate of drug-likeness (QED) is 0.598. The summed E-state index contributed by atoms with van der Waals surface area (Å²) in [5.41, 5.74) is 1.78. The van der Waals surface area contributed by atoms with Gasteiger partial charge in [-0.2, -0.15) is 5.26 Å². The fraction of sp³-hybridized carbons (Fsp3) is 0.231. The summed E-state index contributed by atoms with van der Waals surface area (Å²) >= 11 is 0. The van der Waals surface area contributed by atoms with E-state index in [1.54, 1.807) is 26.2 Å². The lowest BCUT2D eigenvalue weighted by atomic mass is 10.0. The van der Waals surface area contributed by atoms with Gasteiger partial charge in [0.15, 0.2) is 0 Å². The molecule has 3 amide bonds. The van der Waals surface area contributed by atoms with Crippen LogP contribution < -0.4 is 19.9 Å². The molecule has 2 N–H and O–H groups in total. The molecular weight excluding hydrogens is 448 g/mol. The van der Waals surface area contributed by atoms with Crippen LogP contribution in [0.1, 0.15) is 25.0 Å². The molecule has 4 rings (SSSR count). The lowest BCUT2D eigenvalue weighted by Crippen LogP contribution is -2.57. The van der Waals surface area contributed by atoms with E-state index < -0.39 is 24.1 Å². The second kappa shape index (κ2) is 9.35. The average molecular weight is 473 g/mol. The van der Waals surface area contributed by atoms with Crippen molar-refractivity contribution >= 4 is 40.1 Å². The highest BCUT2D eigenvalue weighted by molar-refractivity contribution is 6.08. The second-order valence-corrected chi connectivity index (χ2v) is 8.26. The molecule has 0 spiro atoms. The summed E-state index contributed by atoms with van der Waals surface area (Å²) in [6.07, 6.45) is -1.38. The summed E-state index contributed by atoms with van der Waals surface area (Å²) in [6, 6.07) is 16.1. The van der Waals surface area contributed by atoms with Gasteiger partial charge in [-0.1, -0.05) is 30.3 Å². The second-order valence-electron chi connectivity index (χ2n) is 8.26. The van der Waals surface area contributed by atoms with Crippen LogP contribution in [0, 0.1) is 11.3 Å². The normalized spacial score (nSPS) is 17.4. The zero-order valence-electron chi connectivity index (χ0n) is 19.5. The highest BCUT2D eigenvalue weighted by Gasteiger charge is 2.41. The molecule has 35 heavy (non-hydrogen) atoms. The van der Waals surface area contributed by atoms with E-state index in [9.17, 15) is 24.8 Å². The van der Waals surface area contributed by atoms with Crippen molar-refractivity contribution in [1.82, 2.24) is 5.32 Å². The van der Waals surface area contributed by atoms with Crippen molar-refractivity contribution < 1.29 is 24.2 Å². The fourth-order valence-corrected chi connectivity index (χ4v) is 4.64. The molecule has 2 atom stereocenters. The van der Waals surface area contributed by atoms with E-state index in [2.05, 4.69) is 11.4 Å². The monoisotopic (exact) mass is 472 g/mol. The van der Waals surface area contributed by atoms with Crippen LogP contribution in [0.5, 0.6) is 5.75 Å². The number of nitriles is 1. The molecule has 0 saturated carbocycles.